The largest absolute Gasteiger partial charge is 0.508 e. The van der Waals surface area contributed by atoms with Crippen LogP contribution >= 0.6 is 0 Å². The molecule has 0 aliphatic carbocycles. The maximum atomic E-state index is 14.4. The van der Waals surface area contributed by atoms with E-state index in [1.54, 1.807) is 45.0 Å². The minimum absolute atomic E-state index is 0.0228. The molecule has 0 heterocycles. The number of benzene rings is 2. The summed E-state index contributed by atoms with van der Waals surface area (Å²) < 4.78 is 5.45. The Hall–Kier alpha value is -3.75. The van der Waals surface area contributed by atoms with Gasteiger partial charge in [-0.2, -0.15) is 0 Å². The number of ether oxygens (including phenoxy) is 1. The third kappa shape index (κ3) is 10.1. The normalized spacial score (nSPS) is 13.6. The number of rotatable bonds is 13. The highest BCUT2D eigenvalue weighted by Gasteiger charge is 2.38. The highest BCUT2D eigenvalue weighted by atomic mass is 16.6. The van der Waals surface area contributed by atoms with Gasteiger partial charge < -0.3 is 30.5 Å². The van der Waals surface area contributed by atoms with Crippen molar-refractivity contribution in [2.75, 3.05) is 6.54 Å². The van der Waals surface area contributed by atoms with Crippen molar-refractivity contribution in [3.63, 3.8) is 0 Å². The molecule has 0 bridgehead atoms. The van der Waals surface area contributed by atoms with Gasteiger partial charge in [-0.25, -0.2) is 4.79 Å². The van der Waals surface area contributed by atoms with E-state index in [1.807, 2.05) is 13.8 Å². The molecule has 4 N–H and O–H groups in total. The molecular formula is C31H45N3O6. The Kier molecular flexibility index (Phi) is 12.3. The monoisotopic (exact) mass is 555 g/mol. The predicted octanol–water partition coefficient (Wildman–Crippen LogP) is 5.21. The van der Waals surface area contributed by atoms with Crippen LogP contribution in [0.5, 0.6) is 11.5 Å². The minimum atomic E-state index is -1.07. The summed E-state index contributed by atoms with van der Waals surface area (Å²) >= 11 is 0. The summed E-state index contributed by atoms with van der Waals surface area (Å²) in [7, 11) is 0. The van der Waals surface area contributed by atoms with Gasteiger partial charge >= 0.3 is 6.09 Å². The van der Waals surface area contributed by atoms with Crippen LogP contribution in [-0.2, 0) is 20.7 Å². The number of phenols is 2. The number of nitrogens with zero attached hydrogens (tertiary/aromatic N) is 1. The summed E-state index contributed by atoms with van der Waals surface area (Å²) in [5.74, 6) is -0.775. The zero-order chi connectivity index (χ0) is 29.9. The Morgan fingerprint density at radius 3 is 2.23 bits per heavy atom. The number of hydrogen-bond donors (Lipinski definition) is 4. The van der Waals surface area contributed by atoms with E-state index >= 15 is 0 Å². The van der Waals surface area contributed by atoms with Crippen molar-refractivity contribution in [1.82, 2.24) is 15.5 Å². The molecule has 220 valence electrons. The van der Waals surface area contributed by atoms with Crippen LogP contribution in [0.15, 0.2) is 48.5 Å². The summed E-state index contributed by atoms with van der Waals surface area (Å²) in [5, 5.41) is 25.6. The van der Waals surface area contributed by atoms with Gasteiger partial charge in [0.25, 0.3) is 0 Å². The second-order valence-electron chi connectivity index (χ2n) is 11.1. The first kappa shape index (κ1) is 32.5. The Balaban J connectivity index is 2.54. The standard InChI is InChI=1S/C31H45N3O6/c1-7-9-10-18-32-28(37)27(23-12-11-13-25(36)20-23)34(21(3)8-2)29(38)26(33-30(39)40-31(4,5)6)19-22-14-16-24(35)17-15-22/h11-17,20-21,26-27,35-36H,7-10,18-19H2,1-6H3,(H,32,37)(H,33,39). The zero-order valence-corrected chi connectivity index (χ0v) is 24.6. The molecule has 0 radical (unpaired) electrons. The van der Waals surface area contributed by atoms with Crippen molar-refractivity contribution in [3.05, 3.63) is 59.7 Å². The summed E-state index contributed by atoms with van der Waals surface area (Å²) in [4.78, 5) is 42.4. The van der Waals surface area contributed by atoms with Gasteiger partial charge in [0.15, 0.2) is 0 Å². The van der Waals surface area contributed by atoms with E-state index < -0.39 is 29.7 Å². The van der Waals surface area contributed by atoms with Crippen molar-refractivity contribution in [3.8, 4) is 11.5 Å². The fraction of sp³-hybridized carbons (Fsp3) is 0.516. The molecule has 40 heavy (non-hydrogen) atoms. The van der Waals surface area contributed by atoms with Crippen LogP contribution in [0, 0.1) is 0 Å². The first-order valence-corrected chi connectivity index (χ1v) is 14.0. The number of unbranched alkanes of at least 4 members (excludes halogenated alkanes) is 2. The molecule has 2 rings (SSSR count). The van der Waals surface area contributed by atoms with Crippen molar-refractivity contribution in [2.24, 2.45) is 0 Å². The van der Waals surface area contributed by atoms with Crippen LogP contribution in [0.1, 0.15) is 84.4 Å². The smallest absolute Gasteiger partial charge is 0.408 e. The van der Waals surface area contributed by atoms with Crippen LogP contribution < -0.4 is 10.6 Å². The first-order valence-electron chi connectivity index (χ1n) is 14.0. The van der Waals surface area contributed by atoms with Gasteiger partial charge in [-0.1, -0.05) is 51.0 Å². The van der Waals surface area contributed by atoms with Gasteiger partial charge in [0, 0.05) is 19.0 Å². The molecule has 0 spiro atoms. The fourth-order valence-electron chi connectivity index (χ4n) is 4.31. The van der Waals surface area contributed by atoms with E-state index in [9.17, 15) is 24.6 Å². The number of carbonyl (C=O) groups is 3. The second kappa shape index (κ2) is 15.1. The van der Waals surface area contributed by atoms with E-state index in [2.05, 4.69) is 17.6 Å². The van der Waals surface area contributed by atoms with Crippen molar-refractivity contribution < 1.29 is 29.3 Å². The van der Waals surface area contributed by atoms with E-state index in [0.717, 1.165) is 19.3 Å². The van der Waals surface area contributed by atoms with Gasteiger partial charge in [-0.15, -0.1) is 0 Å². The fourth-order valence-corrected chi connectivity index (χ4v) is 4.31. The maximum absolute atomic E-state index is 14.4. The Morgan fingerprint density at radius 2 is 1.65 bits per heavy atom. The van der Waals surface area contributed by atoms with Crippen molar-refractivity contribution in [1.29, 1.82) is 0 Å². The summed E-state index contributed by atoms with van der Waals surface area (Å²) in [6.07, 6.45) is 2.65. The third-order valence-electron chi connectivity index (χ3n) is 6.48. The van der Waals surface area contributed by atoms with Gasteiger partial charge in [-0.05, 0) is 75.9 Å². The molecular weight excluding hydrogens is 510 g/mol. The van der Waals surface area contributed by atoms with Gasteiger partial charge in [0.1, 0.15) is 29.2 Å². The van der Waals surface area contributed by atoms with Gasteiger partial charge in [-0.3, -0.25) is 9.59 Å². The quantitative estimate of drug-likeness (QED) is 0.251. The number of aromatic hydroxyl groups is 2. The van der Waals surface area contributed by atoms with E-state index in [0.29, 0.717) is 24.1 Å². The lowest BCUT2D eigenvalue weighted by Gasteiger charge is -2.38. The molecule has 9 heteroatoms. The predicted molar refractivity (Wildman–Crippen MR) is 155 cm³/mol. The van der Waals surface area contributed by atoms with Crippen LogP contribution in [-0.4, -0.2) is 57.3 Å². The molecule has 3 unspecified atom stereocenters. The van der Waals surface area contributed by atoms with E-state index in [4.69, 9.17) is 4.74 Å². The average Bonchev–Trinajstić information content (AvgIpc) is 2.88. The minimum Gasteiger partial charge on any atom is -0.508 e. The molecule has 3 atom stereocenters. The average molecular weight is 556 g/mol. The Labute approximate surface area is 237 Å². The lowest BCUT2D eigenvalue weighted by atomic mass is 9.97. The molecule has 3 amide bonds. The third-order valence-corrected chi connectivity index (χ3v) is 6.48. The lowest BCUT2D eigenvalue weighted by molar-refractivity contribution is -0.145. The summed E-state index contributed by atoms with van der Waals surface area (Å²) in [5.41, 5.74) is 0.381. The highest BCUT2D eigenvalue weighted by molar-refractivity contribution is 5.92. The van der Waals surface area contributed by atoms with Crippen molar-refractivity contribution >= 4 is 17.9 Å². The topological polar surface area (TPSA) is 128 Å². The molecule has 0 aromatic heterocycles. The molecule has 0 aliphatic rings. The molecule has 0 saturated carbocycles. The van der Waals surface area contributed by atoms with Crippen LogP contribution in [0.25, 0.3) is 0 Å². The number of carbonyl (C=O) groups excluding carboxylic acids is 3. The van der Waals surface area contributed by atoms with Crippen LogP contribution in [0.2, 0.25) is 0 Å². The Morgan fingerprint density at radius 1 is 0.975 bits per heavy atom. The highest BCUT2D eigenvalue weighted by Crippen LogP contribution is 2.29. The Bertz CT molecular complexity index is 1110. The van der Waals surface area contributed by atoms with Gasteiger partial charge in [0.05, 0.1) is 0 Å². The first-order chi connectivity index (χ1) is 18.9. The molecule has 0 saturated heterocycles. The number of amides is 3. The van der Waals surface area contributed by atoms with E-state index in [-0.39, 0.29) is 29.9 Å². The maximum Gasteiger partial charge on any atom is 0.408 e. The summed E-state index contributed by atoms with van der Waals surface area (Å²) in [6, 6.07) is 10.2. The van der Waals surface area contributed by atoms with Crippen molar-refractivity contribution in [2.45, 2.75) is 97.4 Å². The lowest BCUT2D eigenvalue weighted by Crippen LogP contribution is -2.56. The molecule has 0 aliphatic heterocycles. The number of hydrogen-bond acceptors (Lipinski definition) is 6. The summed E-state index contributed by atoms with van der Waals surface area (Å²) in [6.45, 7) is 11.5. The van der Waals surface area contributed by atoms with Crippen LogP contribution in [0.3, 0.4) is 0 Å². The van der Waals surface area contributed by atoms with Crippen LogP contribution in [0.4, 0.5) is 4.79 Å². The molecule has 2 aromatic carbocycles. The van der Waals surface area contributed by atoms with E-state index in [1.165, 1.54) is 29.2 Å². The SMILES string of the molecule is CCCCCNC(=O)C(c1cccc(O)c1)N(C(=O)C(Cc1ccc(O)cc1)NC(=O)OC(C)(C)C)C(C)CC. The number of phenolic OH excluding ortho intramolecular Hbond substituents is 2. The number of alkyl carbamates (subject to hydrolysis) is 1. The number of nitrogens with one attached hydrogen (secondary N) is 2. The zero-order valence-electron chi connectivity index (χ0n) is 24.6. The molecule has 2 aromatic rings. The van der Waals surface area contributed by atoms with Gasteiger partial charge in [0.2, 0.25) is 11.8 Å². The molecule has 0 fully saturated rings. The second-order valence-corrected chi connectivity index (χ2v) is 11.1. The molecule has 9 nitrogen and oxygen atoms in total.